The second-order valence-corrected chi connectivity index (χ2v) is 5.66. The summed E-state index contributed by atoms with van der Waals surface area (Å²) in [6.07, 6.45) is 1.73. The Labute approximate surface area is 175 Å². The molecular weight excluding hydrogens is 394 g/mol. The molecule has 0 fully saturated rings. The van der Waals surface area contributed by atoms with Crippen molar-refractivity contribution in [3.8, 4) is 0 Å². The molecule has 0 spiro atoms. The van der Waals surface area contributed by atoms with Gasteiger partial charge in [0.2, 0.25) is 6.79 Å². The van der Waals surface area contributed by atoms with Crippen LogP contribution in [-0.2, 0) is 38.1 Å². The first-order valence-electron chi connectivity index (χ1n) is 9.19. The van der Waals surface area contributed by atoms with Crippen molar-refractivity contribution in [1.29, 1.82) is 0 Å². The first-order chi connectivity index (χ1) is 14.3. The van der Waals surface area contributed by atoms with Crippen LogP contribution >= 0.6 is 0 Å². The Morgan fingerprint density at radius 1 is 1.00 bits per heavy atom. The maximum atomic E-state index is 12.4. The molecule has 0 bridgehead atoms. The lowest BCUT2D eigenvalue weighted by molar-refractivity contribution is -0.168. The zero-order chi connectivity index (χ0) is 22.9. The SMILES string of the molecule is C=C=C=C(OC(=O)C=C)OC(=O)CCC(CN(CC)CC)C(=O)OCOC(=O)C=C. The highest BCUT2D eigenvalue weighted by Gasteiger charge is 2.24. The van der Waals surface area contributed by atoms with Gasteiger partial charge in [-0.15, -0.1) is 0 Å². The van der Waals surface area contributed by atoms with Crippen LogP contribution in [0.1, 0.15) is 26.7 Å². The van der Waals surface area contributed by atoms with Gasteiger partial charge >= 0.3 is 29.8 Å². The summed E-state index contributed by atoms with van der Waals surface area (Å²) in [5, 5.41) is 0. The molecule has 1 unspecified atom stereocenters. The molecule has 0 rings (SSSR count). The Kier molecular flexibility index (Phi) is 13.8. The van der Waals surface area contributed by atoms with Crippen molar-refractivity contribution in [2.45, 2.75) is 26.7 Å². The molecule has 1 atom stereocenters. The van der Waals surface area contributed by atoms with Crippen LogP contribution < -0.4 is 0 Å². The minimum atomic E-state index is -0.849. The van der Waals surface area contributed by atoms with Crippen LogP contribution in [0.15, 0.2) is 49.3 Å². The quantitative estimate of drug-likeness (QED) is 0.137. The summed E-state index contributed by atoms with van der Waals surface area (Å²) in [7, 11) is 0. The van der Waals surface area contributed by atoms with E-state index in [0.29, 0.717) is 19.6 Å². The van der Waals surface area contributed by atoms with E-state index in [1.165, 1.54) is 0 Å². The summed E-state index contributed by atoms with van der Waals surface area (Å²) in [6, 6.07) is 0. The molecule has 0 heterocycles. The lowest BCUT2D eigenvalue weighted by atomic mass is 10.0. The number of nitrogens with zero attached hydrogens (tertiary/aromatic N) is 1. The average molecular weight is 421 g/mol. The largest absolute Gasteiger partial charge is 0.428 e. The van der Waals surface area contributed by atoms with Crippen LogP contribution in [0.2, 0.25) is 0 Å². The number of hydrogen-bond donors (Lipinski definition) is 0. The van der Waals surface area contributed by atoms with Crippen LogP contribution in [0.25, 0.3) is 0 Å². The van der Waals surface area contributed by atoms with Gasteiger partial charge in [-0.1, -0.05) is 32.7 Å². The second-order valence-electron chi connectivity index (χ2n) is 5.66. The van der Waals surface area contributed by atoms with Crippen molar-refractivity contribution >= 4 is 23.9 Å². The Morgan fingerprint density at radius 2 is 1.63 bits per heavy atom. The number of carbonyl (C=O) groups excluding carboxylic acids is 4. The first kappa shape index (κ1) is 26.6. The van der Waals surface area contributed by atoms with Crippen LogP contribution in [0.5, 0.6) is 0 Å². The van der Waals surface area contributed by atoms with E-state index in [0.717, 1.165) is 12.2 Å². The average Bonchev–Trinajstić information content (AvgIpc) is 2.73. The van der Waals surface area contributed by atoms with E-state index in [4.69, 9.17) is 14.2 Å². The zero-order valence-electron chi connectivity index (χ0n) is 17.3. The lowest BCUT2D eigenvalue weighted by Gasteiger charge is -2.23. The number of esters is 4. The highest BCUT2D eigenvalue weighted by molar-refractivity contribution is 5.82. The van der Waals surface area contributed by atoms with Crippen molar-refractivity contribution in [2.75, 3.05) is 26.4 Å². The van der Waals surface area contributed by atoms with Gasteiger partial charge in [0.15, 0.2) is 0 Å². The van der Waals surface area contributed by atoms with Gasteiger partial charge in [0, 0.05) is 30.8 Å². The first-order valence-corrected chi connectivity index (χ1v) is 9.19. The highest BCUT2D eigenvalue weighted by atomic mass is 16.7. The minimum absolute atomic E-state index is 0.0874. The van der Waals surface area contributed by atoms with E-state index in [-0.39, 0.29) is 12.8 Å². The van der Waals surface area contributed by atoms with E-state index in [9.17, 15) is 19.2 Å². The Hall–Kier alpha value is -3.38. The number of ether oxygens (including phenoxy) is 4. The van der Waals surface area contributed by atoms with E-state index in [1.807, 2.05) is 18.7 Å². The van der Waals surface area contributed by atoms with Gasteiger partial charge in [-0.05, 0) is 26.1 Å². The highest BCUT2D eigenvalue weighted by Crippen LogP contribution is 2.14. The van der Waals surface area contributed by atoms with Gasteiger partial charge in [-0.3, -0.25) is 9.59 Å². The van der Waals surface area contributed by atoms with Crippen LogP contribution in [0.4, 0.5) is 0 Å². The number of hydrogen-bond acceptors (Lipinski definition) is 9. The fraction of sp³-hybridized carbons (Fsp3) is 0.429. The molecule has 0 aromatic carbocycles. The summed E-state index contributed by atoms with van der Waals surface area (Å²) in [4.78, 5) is 48.7. The third kappa shape index (κ3) is 11.5. The maximum absolute atomic E-state index is 12.4. The van der Waals surface area contributed by atoms with E-state index in [1.54, 1.807) is 0 Å². The molecule has 0 aliphatic rings. The maximum Gasteiger partial charge on any atom is 0.352 e. The molecule has 9 nitrogen and oxygen atoms in total. The van der Waals surface area contributed by atoms with Crippen LogP contribution in [0.3, 0.4) is 0 Å². The fourth-order valence-electron chi connectivity index (χ4n) is 2.12. The van der Waals surface area contributed by atoms with Gasteiger partial charge in [0.25, 0.3) is 0 Å². The molecule has 0 N–H and O–H groups in total. The molecule has 30 heavy (non-hydrogen) atoms. The molecule has 0 aliphatic carbocycles. The summed E-state index contributed by atoms with van der Waals surface area (Å²) >= 11 is 0. The Balaban J connectivity index is 4.99. The fourth-order valence-corrected chi connectivity index (χ4v) is 2.12. The van der Waals surface area contributed by atoms with Gasteiger partial charge in [0.05, 0.1) is 5.92 Å². The predicted octanol–water partition coefficient (Wildman–Crippen LogP) is 2.01. The van der Waals surface area contributed by atoms with Gasteiger partial charge in [0.1, 0.15) is 0 Å². The third-order valence-electron chi connectivity index (χ3n) is 3.73. The van der Waals surface area contributed by atoms with Crippen molar-refractivity contribution in [2.24, 2.45) is 5.92 Å². The predicted molar refractivity (Wildman–Crippen MR) is 106 cm³/mol. The topological polar surface area (TPSA) is 108 Å². The Bertz CT molecular complexity index is 725. The van der Waals surface area contributed by atoms with Crippen molar-refractivity contribution < 1.29 is 38.1 Å². The standard InChI is InChI=1S/C21H27NO8/c1-6-11-20(29-18(24)8-3)30-19(25)13-12-16(14-22(9-4)10-5)21(26)28-15-27-17(23)7-2/h7-8,16H,1-3,9-10,12-15H2,4-5H3. The molecular formula is C21H27NO8. The van der Waals surface area contributed by atoms with E-state index in [2.05, 4.69) is 35.9 Å². The summed E-state index contributed by atoms with van der Waals surface area (Å²) < 4.78 is 19.2. The summed E-state index contributed by atoms with van der Waals surface area (Å²) in [5.41, 5.74) is 4.46. The van der Waals surface area contributed by atoms with Gasteiger partial charge in [-0.2, -0.15) is 0 Å². The van der Waals surface area contributed by atoms with Crippen LogP contribution in [-0.4, -0.2) is 55.2 Å². The number of rotatable bonds is 14. The summed E-state index contributed by atoms with van der Waals surface area (Å²) in [5.74, 6) is -4.18. The van der Waals surface area contributed by atoms with E-state index >= 15 is 0 Å². The van der Waals surface area contributed by atoms with Crippen molar-refractivity contribution in [1.82, 2.24) is 4.90 Å². The zero-order valence-corrected chi connectivity index (χ0v) is 17.3. The van der Waals surface area contributed by atoms with Gasteiger partial charge < -0.3 is 23.8 Å². The molecule has 9 heteroatoms. The number of carbonyl (C=O) groups is 4. The molecule has 0 aromatic rings. The molecule has 0 aliphatic heterocycles. The molecule has 0 saturated heterocycles. The molecule has 0 aromatic heterocycles. The van der Waals surface area contributed by atoms with E-state index < -0.39 is 42.5 Å². The minimum Gasteiger partial charge on any atom is -0.428 e. The normalized spacial score (nSPS) is 10.6. The monoisotopic (exact) mass is 421 g/mol. The second kappa shape index (κ2) is 15.5. The molecule has 0 saturated carbocycles. The summed E-state index contributed by atoms with van der Waals surface area (Å²) in [6.45, 7) is 14.7. The van der Waals surface area contributed by atoms with Crippen LogP contribution in [0, 0.1) is 5.92 Å². The van der Waals surface area contributed by atoms with Gasteiger partial charge in [-0.25, -0.2) is 9.59 Å². The lowest BCUT2D eigenvalue weighted by Crippen LogP contribution is -2.34. The smallest absolute Gasteiger partial charge is 0.352 e. The third-order valence-corrected chi connectivity index (χ3v) is 3.73. The van der Waals surface area contributed by atoms with Crippen molar-refractivity contribution in [3.63, 3.8) is 0 Å². The Morgan fingerprint density at radius 3 is 2.17 bits per heavy atom. The molecule has 164 valence electrons. The van der Waals surface area contributed by atoms with Crippen molar-refractivity contribution in [3.05, 3.63) is 49.3 Å². The molecule has 0 radical (unpaired) electrons. The molecule has 0 amide bonds.